The lowest BCUT2D eigenvalue weighted by Crippen LogP contribution is -2.31. The highest BCUT2D eigenvalue weighted by Crippen LogP contribution is 2.15. The number of nitrogens with one attached hydrogen (secondary N) is 5. The van der Waals surface area contributed by atoms with Gasteiger partial charge in [0, 0.05) is 22.7 Å². The van der Waals surface area contributed by atoms with Gasteiger partial charge < -0.3 is 10.3 Å². The van der Waals surface area contributed by atoms with E-state index in [0.29, 0.717) is 0 Å². The van der Waals surface area contributed by atoms with E-state index in [4.69, 9.17) is 0 Å². The quantitative estimate of drug-likeness (QED) is 0.316. The average molecular weight is 327 g/mol. The molecule has 0 aliphatic heterocycles. The summed E-state index contributed by atoms with van der Waals surface area (Å²) in [7, 11) is 0. The lowest BCUT2D eigenvalue weighted by Gasteiger charge is -2.02. The summed E-state index contributed by atoms with van der Waals surface area (Å²) < 4.78 is 0. The van der Waals surface area contributed by atoms with Crippen LogP contribution in [0.2, 0.25) is 0 Å². The minimum atomic E-state index is -0.724. The summed E-state index contributed by atoms with van der Waals surface area (Å²) in [5.74, 6) is -0.635. The van der Waals surface area contributed by atoms with E-state index in [1.165, 1.54) is 6.21 Å². The van der Waals surface area contributed by atoms with Crippen LogP contribution in [-0.2, 0) is 4.79 Å². The maximum atomic E-state index is 11.7. The van der Waals surface area contributed by atoms with Crippen molar-refractivity contribution in [3.63, 3.8) is 0 Å². The van der Waals surface area contributed by atoms with Gasteiger partial charge in [0.1, 0.15) is 0 Å². The molecule has 122 valence electrons. The Labute approximate surface area is 134 Å². The van der Waals surface area contributed by atoms with Crippen LogP contribution < -0.4 is 22.0 Å². The Hall–Kier alpha value is -3.69. The zero-order valence-corrected chi connectivity index (χ0v) is 12.3. The van der Waals surface area contributed by atoms with E-state index in [2.05, 4.69) is 31.0 Å². The normalized spacial score (nSPS) is 11.0. The van der Waals surface area contributed by atoms with Crippen molar-refractivity contribution >= 4 is 28.8 Å². The lowest BCUT2D eigenvalue weighted by molar-refractivity contribution is -0.119. The molecule has 2 heterocycles. The Bertz CT molecular complexity index is 1010. The smallest absolute Gasteiger partial charge is 0.342 e. The second kappa shape index (κ2) is 6.60. The van der Waals surface area contributed by atoms with Gasteiger partial charge in [-0.1, -0.05) is 18.2 Å². The van der Waals surface area contributed by atoms with Crippen LogP contribution in [0.25, 0.3) is 10.9 Å². The van der Waals surface area contributed by atoms with Crippen LogP contribution >= 0.6 is 0 Å². The average Bonchev–Trinajstić information content (AvgIpc) is 2.97. The fourth-order valence-electron chi connectivity index (χ4n) is 2.05. The number of aromatic amines is 3. The van der Waals surface area contributed by atoms with E-state index >= 15 is 0 Å². The van der Waals surface area contributed by atoms with Gasteiger partial charge in [-0.25, -0.2) is 15.3 Å². The van der Waals surface area contributed by atoms with Crippen molar-refractivity contribution in [1.82, 2.24) is 25.6 Å². The number of benzene rings is 1. The minimum absolute atomic E-state index is 0.162. The van der Waals surface area contributed by atoms with Gasteiger partial charge in [-0.15, -0.1) is 5.10 Å². The maximum Gasteiger partial charge on any atom is 0.342 e. The van der Waals surface area contributed by atoms with E-state index in [9.17, 15) is 14.4 Å². The fraction of sp³-hybridized carbons (Fsp3) is 0.0714. The van der Waals surface area contributed by atoms with Crippen LogP contribution in [0.5, 0.6) is 0 Å². The molecule has 0 saturated heterocycles. The number of aromatic nitrogens is 4. The van der Waals surface area contributed by atoms with E-state index in [1.54, 1.807) is 6.20 Å². The monoisotopic (exact) mass is 327 g/mol. The number of hydrogen-bond donors (Lipinski definition) is 5. The molecule has 0 bridgehead atoms. The number of anilines is 1. The number of carbonyl (C=O) groups is 1. The summed E-state index contributed by atoms with van der Waals surface area (Å²) in [5, 5.41) is 12.9. The van der Waals surface area contributed by atoms with Crippen molar-refractivity contribution in [1.29, 1.82) is 0 Å². The Morgan fingerprint density at radius 1 is 1.29 bits per heavy atom. The molecule has 0 aliphatic rings. The molecule has 0 atom stereocenters. The molecule has 0 unspecified atom stereocenters. The Morgan fingerprint density at radius 2 is 2.12 bits per heavy atom. The summed E-state index contributed by atoms with van der Waals surface area (Å²) in [4.78, 5) is 39.0. The van der Waals surface area contributed by atoms with Gasteiger partial charge in [-0.2, -0.15) is 5.10 Å². The number of rotatable bonds is 5. The standard InChI is InChI=1S/C14H13N7O3/c22-11(7-16-12-13(23)18-14(24)21-20-12)19-17-6-8-5-15-10-4-2-1-3-9(8)10/h1-6,15H,7H2,(H,16,20)(H,19,22)(H2,18,21,23,24)/b17-6+. The van der Waals surface area contributed by atoms with E-state index in [1.807, 2.05) is 29.2 Å². The lowest BCUT2D eigenvalue weighted by atomic mass is 10.2. The molecule has 0 saturated carbocycles. The van der Waals surface area contributed by atoms with Gasteiger partial charge >= 0.3 is 5.69 Å². The zero-order chi connectivity index (χ0) is 16.9. The first-order chi connectivity index (χ1) is 11.6. The van der Waals surface area contributed by atoms with Gasteiger partial charge in [-0.3, -0.25) is 14.6 Å². The van der Waals surface area contributed by atoms with Crippen molar-refractivity contribution in [3.05, 3.63) is 56.9 Å². The third kappa shape index (κ3) is 3.38. The molecule has 5 N–H and O–H groups in total. The van der Waals surface area contributed by atoms with E-state index in [0.717, 1.165) is 16.5 Å². The van der Waals surface area contributed by atoms with E-state index < -0.39 is 17.2 Å². The summed E-state index contributed by atoms with van der Waals surface area (Å²) in [6.07, 6.45) is 3.30. The molecule has 0 fully saturated rings. The first-order valence-electron chi connectivity index (χ1n) is 6.94. The molecule has 3 aromatic rings. The number of para-hydroxylation sites is 1. The van der Waals surface area contributed by atoms with Crippen molar-refractivity contribution in [2.24, 2.45) is 5.10 Å². The fourth-order valence-corrected chi connectivity index (χ4v) is 2.05. The predicted octanol–water partition coefficient (Wildman–Crippen LogP) is -0.498. The van der Waals surface area contributed by atoms with Crippen molar-refractivity contribution in [2.45, 2.75) is 0 Å². The molecule has 0 radical (unpaired) electrons. The number of amides is 1. The molecule has 1 amide bonds. The highest BCUT2D eigenvalue weighted by molar-refractivity contribution is 5.99. The number of nitrogens with zero attached hydrogens (tertiary/aromatic N) is 2. The third-order valence-corrected chi connectivity index (χ3v) is 3.14. The first kappa shape index (κ1) is 15.2. The highest BCUT2D eigenvalue weighted by Gasteiger charge is 2.05. The van der Waals surface area contributed by atoms with Crippen LogP contribution in [0, 0.1) is 0 Å². The van der Waals surface area contributed by atoms with Crippen molar-refractivity contribution in [3.8, 4) is 0 Å². The molecular weight excluding hydrogens is 314 g/mol. The Kier molecular flexibility index (Phi) is 4.19. The van der Waals surface area contributed by atoms with Gasteiger partial charge in [-0.05, 0) is 6.07 Å². The van der Waals surface area contributed by atoms with Crippen LogP contribution in [0.3, 0.4) is 0 Å². The molecule has 10 nitrogen and oxygen atoms in total. The molecule has 0 aliphatic carbocycles. The number of carbonyl (C=O) groups excluding carboxylic acids is 1. The molecule has 2 aromatic heterocycles. The highest BCUT2D eigenvalue weighted by atomic mass is 16.2. The Balaban J connectivity index is 1.57. The topological polar surface area (TPSA) is 148 Å². The van der Waals surface area contributed by atoms with Crippen molar-refractivity contribution < 1.29 is 4.79 Å². The second-order valence-electron chi connectivity index (χ2n) is 4.79. The largest absolute Gasteiger partial charge is 0.361 e. The number of hydrazone groups is 1. The van der Waals surface area contributed by atoms with Gasteiger partial charge in [0.2, 0.25) is 5.82 Å². The summed E-state index contributed by atoms with van der Waals surface area (Å²) in [5.41, 5.74) is 2.69. The molecule has 1 aromatic carbocycles. The predicted molar refractivity (Wildman–Crippen MR) is 88.0 cm³/mol. The van der Waals surface area contributed by atoms with E-state index in [-0.39, 0.29) is 12.4 Å². The summed E-state index contributed by atoms with van der Waals surface area (Å²) in [6, 6.07) is 7.69. The Morgan fingerprint density at radius 3 is 2.96 bits per heavy atom. The second-order valence-corrected chi connectivity index (χ2v) is 4.79. The summed E-state index contributed by atoms with van der Waals surface area (Å²) >= 11 is 0. The van der Waals surface area contributed by atoms with Crippen LogP contribution in [0.15, 0.2) is 45.2 Å². The van der Waals surface area contributed by atoms with Crippen LogP contribution in [0.1, 0.15) is 5.56 Å². The first-order valence-corrected chi connectivity index (χ1v) is 6.94. The minimum Gasteiger partial charge on any atom is -0.361 e. The molecule has 0 spiro atoms. The van der Waals surface area contributed by atoms with Gasteiger partial charge in [0.25, 0.3) is 11.5 Å². The third-order valence-electron chi connectivity index (χ3n) is 3.14. The number of fused-ring (bicyclic) bond motifs is 1. The zero-order valence-electron chi connectivity index (χ0n) is 12.3. The maximum absolute atomic E-state index is 11.7. The number of H-pyrrole nitrogens is 3. The number of hydrogen-bond acceptors (Lipinski definition) is 6. The van der Waals surface area contributed by atoms with Gasteiger partial charge in [0.05, 0.1) is 12.8 Å². The van der Waals surface area contributed by atoms with Crippen molar-refractivity contribution in [2.75, 3.05) is 11.9 Å². The molecular formula is C14H13N7O3. The SMILES string of the molecule is O=C(CNc1n[nH]c(=O)[nH]c1=O)N/N=C/c1c[nH]c2ccccc12. The molecule has 10 heteroatoms. The van der Waals surface area contributed by atoms with Crippen LogP contribution in [-0.4, -0.2) is 38.8 Å². The van der Waals surface area contributed by atoms with Crippen LogP contribution in [0.4, 0.5) is 5.82 Å². The molecule has 24 heavy (non-hydrogen) atoms. The van der Waals surface area contributed by atoms with Gasteiger partial charge in [0.15, 0.2) is 0 Å². The molecule has 3 rings (SSSR count). The summed E-state index contributed by atoms with van der Waals surface area (Å²) in [6.45, 7) is -0.229.